The summed E-state index contributed by atoms with van der Waals surface area (Å²) in [5, 5.41) is 3.30. The Labute approximate surface area is 117 Å². The van der Waals surface area contributed by atoms with E-state index in [4.69, 9.17) is 0 Å². The number of rotatable bonds is 9. The molecule has 0 heterocycles. The lowest BCUT2D eigenvalue weighted by Gasteiger charge is -2.24. The second kappa shape index (κ2) is 8.92. The largest absolute Gasteiger partial charge is 0.369 e. The molecule has 1 rings (SSSR count). The van der Waals surface area contributed by atoms with E-state index >= 15 is 0 Å². The monoisotopic (exact) mass is 266 g/mol. The Kier molecular flexibility index (Phi) is 7.49. The summed E-state index contributed by atoms with van der Waals surface area (Å²) in [4.78, 5) is 2.14. The van der Waals surface area contributed by atoms with Crippen molar-refractivity contribution >= 4 is 5.69 Å². The Balaban J connectivity index is 2.73. The lowest BCUT2D eigenvalue weighted by Crippen LogP contribution is -2.26. The molecule has 1 aromatic rings. The molecule has 0 aliphatic rings. The third-order valence-electron chi connectivity index (χ3n) is 3.10. The zero-order valence-corrected chi connectivity index (χ0v) is 12.5. The van der Waals surface area contributed by atoms with Gasteiger partial charge in [-0.15, -0.1) is 0 Å². The maximum Gasteiger partial charge on any atom is 0.146 e. The number of benzene rings is 1. The second-order valence-corrected chi connectivity index (χ2v) is 4.95. The van der Waals surface area contributed by atoms with Crippen LogP contribution in [0.4, 0.5) is 10.1 Å². The van der Waals surface area contributed by atoms with Crippen LogP contribution in [0.15, 0.2) is 18.2 Å². The quantitative estimate of drug-likeness (QED) is 0.681. The summed E-state index contributed by atoms with van der Waals surface area (Å²) in [5.41, 5.74) is 1.76. The van der Waals surface area contributed by atoms with Crippen molar-refractivity contribution in [1.29, 1.82) is 0 Å². The summed E-state index contributed by atoms with van der Waals surface area (Å²) in [7, 11) is 0. The highest BCUT2D eigenvalue weighted by Gasteiger charge is 2.10. The van der Waals surface area contributed by atoms with Gasteiger partial charge in [0.15, 0.2) is 0 Å². The summed E-state index contributed by atoms with van der Waals surface area (Å²) >= 11 is 0. The van der Waals surface area contributed by atoms with Gasteiger partial charge in [0.25, 0.3) is 0 Å². The maximum absolute atomic E-state index is 14.2. The minimum absolute atomic E-state index is 0.0994. The lowest BCUT2D eigenvalue weighted by molar-refractivity contribution is 0.606. The summed E-state index contributed by atoms with van der Waals surface area (Å²) < 4.78 is 14.2. The number of nitrogens with one attached hydrogen (secondary N) is 1. The van der Waals surface area contributed by atoms with E-state index in [9.17, 15) is 4.39 Å². The van der Waals surface area contributed by atoms with Crippen molar-refractivity contribution in [2.24, 2.45) is 0 Å². The second-order valence-electron chi connectivity index (χ2n) is 4.95. The molecule has 0 bridgehead atoms. The summed E-state index contributed by atoms with van der Waals surface area (Å²) in [6, 6.07) is 5.61. The van der Waals surface area contributed by atoms with Gasteiger partial charge in [-0.2, -0.15) is 0 Å². The molecule has 0 aliphatic carbocycles. The fraction of sp³-hybridized carbons (Fsp3) is 0.625. The number of hydrogen-bond acceptors (Lipinski definition) is 2. The van der Waals surface area contributed by atoms with Gasteiger partial charge in [0.1, 0.15) is 5.82 Å². The van der Waals surface area contributed by atoms with E-state index in [0.717, 1.165) is 56.7 Å². The van der Waals surface area contributed by atoms with Gasteiger partial charge in [-0.25, -0.2) is 4.39 Å². The molecule has 0 aliphatic heterocycles. The summed E-state index contributed by atoms with van der Waals surface area (Å²) in [6.07, 6.45) is 3.18. The number of nitrogens with zero attached hydrogens (tertiary/aromatic N) is 1. The van der Waals surface area contributed by atoms with Gasteiger partial charge in [0.2, 0.25) is 0 Å². The fourth-order valence-electron chi connectivity index (χ4n) is 2.22. The molecule has 0 saturated carbocycles. The van der Waals surface area contributed by atoms with Gasteiger partial charge >= 0.3 is 0 Å². The first-order valence-corrected chi connectivity index (χ1v) is 7.47. The van der Waals surface area contributed by atoms with Crippen LogP contribution >= 0.6 is 0 Å². The number of hydrogen-bond donors (Lipinski definition) is 1. The smallest absolute Gasteiger partial charge is 0.146 e. The van der Waals surface area contributed by atoms with Crippen molar-refractivity contribution in [1.82, 2.24) is 5.32 Å². The van der Waals surface area contributed by atoms with Crippen molar-refractivity contribution in [3.8, 4) is 0 Å². The van der Waals surface area contributed by atoms with Gasteiger partial charge in [0.05, 0.1) is 5.69 Å². The van der Waals surface area contributed by atoms with Crippen LogP contribution in [0.1, 0.15) is 45.6 Å². The Morgan fingerprint density at radius 2 is 1.74 bits per heavy atom. The lowest BCUT2D eigenvalue weighted by atomic mass is 10.1. The van der Waals surface area contributed by atoms with E-state index in [1.165, 1.54) is 0 Å². The average Bonchev–Trinajstić information content (AvgIpc) is 2.39. The van der Waals surface area contributed by atoms with Crippen molar-refractivity contribution in [2.45, 2.75) is 46.6 Å². The highest BCUT2D eigenvalue weighted by atomic mass is 19.1. The van der Waals surface area contributed by atoms with Gasteiger partial charge in [-0.3, -0.25) is 0 Å². The minimum atomic E-state index is -0.0994. The molecule has 0 aromatic heterocycles. The standard InChI is InChI=1S/C16H27FN2/c1-4-9-18-13-14-7-8-16(15(17)12-14)19(10-5-2)11-6-3/h7-8,12,18H,4-6,9-11,13H2,1-3H3. The maximum atomic E-state index is 14.2. The van der Waals surface area contributed by atoms with Crippen LogP contribution < -0.4 is 10.2 Å². The predicted molar refractivity (Wildman–Crippen MR) is 81.2 cm³/mol. The van der Waals surface area contributed by atoms with Crippen LogP contribution in [0.2, 0.25) is 0 Å². The minimum Gasteiger partial charge on any atom is -0.369 e. The van der Waals surface area contributed by atoms with Gasteiger partial charge < -0.3 is 10.2 Å². The first-order chi connectivity index (χ1) is 9.22. The average molecular weight is 266 g/mol. The Hall–Kier alpha value is -1.09. The molecular weight excluding hydrogens is 239 g/mol. The topological polar surface area (TPSA) is 15.3 Å². The highest BCUT2D eigenvalue weighted by molar-refractivity contribution is 5.49. The highest BCUT2D eigenvalue weighted by Crippen LogP contribution is 2.21. The Bertz CT molecular complexity index is 360. The molecule has 2 nitrogen and oxygen atoms in total. The number of anilines is 1. The molecule has 19 heavy (non-hydrogen) atoms. The molecule has 0 atom stereocenters. The van der Waals surface area contributed by atoms with Crippen LogP contribution in [-0.4, -0.2) is 19.6 Å². The van der Waals surface area contributed by atoms with E-state index < -0.39 is 0 Å². The van der Waals surface area contributed by atoms with Crippen LogP contribution in [0.5, 0.6) is 0 Å². The zero-order chi connectivity index (χ0) is 14.1. The first kappa shape index (κ1) is 16.0. The fourth-order valence-corrected chi connectivity index (χ4v) is 2.22. The first-order valence-electron chi connectivity index (χ1n) is 7.47. The SMILES string of the molecule is CCCNCc1ccc(N(CCC)CCC)c(F)c1. The molecule has 0 unspecified atom stereocenters. The predicted octanol–water partition coefficient (Wildman–Crippen LogP) is 3.95. The van der Waals surface area contributed by atoms with E-state index in [1.807, 2.05) is 12.1 Å². The van der Waals surface area contributed by atoms with E-state index in [2.05, 4.69) is 31.0 Å². The molecule has 0 amide bonds. The molecule has 108 valence electrons. The molecule has 1 aromatic carbocycles. The van der Waals surface area contributed by atoms with Crippen molar-refractivity contribution in [2.75, 3.05) is 24.5 Å². The third-order valence-corrected chi connectivity index (χ3v) is 3.10. The van der Waals surface area contributed by atoms with E-state index in [1.54, 1.807) is 6.07 Å². The molecule has 3 heteroatoms. The molecule has 0 fully saturated rings. The Morgan fingerprint density at radius 3 is 2.26 bits per heavy atom. The number of halogens is 1. The zero-order valence-electron chi connectivity index (χ0n) is 12.5. The summed E-state index contributed by atoms with van der Waals surface area (Å²) in [6.45, 7) is 9.93. The van der Waals surface area contributed by atoms with Gasteiger partial charge in [-0.05, 0) is 43.5 Å². The van der Waals surface area contributed by atoms with Crippen molar-refractivity contribution in [3.63, 3.8) is 0 Å². The third kappa shape index (κ3) is 5.19. The van der Waals surface area contributed by atoms with E-state index in [0.29, 0.717) is 0 Å². The molecule has 0 radical (unpaired) electrons. The normalized spacial score (nSPS) is 10.7. The molecule has 1 N–H and O–H groups in total. The molecule has 0 saturated heterocycles. The van der Waals surface area contributed by atoms with Gasteiger partial charge in [-0.1, -0.05) is 26.8 Å². The van der Waals surface area contributed by atoms with Crippen LogP contribution in [0.25, 0.3) is 0 Å². The van der Waals surface area contributed by atoms with Crippen LogP contribution in [0, 0.1) is 5.82 Å². The van der Waals surface area contributed by atoms with E-state index in [-0.39, 0.29) is 5.82 Å². The summed E-state index contributed by atoms with van der Waals surface area (Å²) in [5.74, 6) is -0.0994. The van der Waals surface area contributed by atoms with Crippen LogP contribution in [0.3, 0.4) is 0 Å². The Morgan fingerprint density at radius 1 is 1.05 bits per heavy atom. The molecule has 0 spiro atoms. The van der Waals surface area contributed by atoms with Crippen molar-refractivity contribution in [3.05, 3.63) is 29.6 Å². The van der Waals surface area contributed by atoms with Gasteiger partial charge in [0, 0.05) is 19.6 Å². The molecular formula is C16H27FN2. The van der Waals surface area contributed by atoms with Crippen LogP contribution in [-0.2, 0) is 6.54 Å². The van der Waals surface area contributed by atoms with Crippen molar-refractivity contribution < 1.29 is 4.39 Å².